The summed E-state index contributed by atoms with van der Waals surface area (Å²) in [6, 6.07) is 15.6. The minimum atomic E-state index is 0.0286. The van der Waals surface area contributed by atoms with Crippen LogP contribution in [0.1, 0.15) is 0 Å². The first-order chi connectivity index (χ1) is 11.8. The number of nitrogens with one attached hydrogen (secondary N) is 2. The van der Waals surface area contributed by atoms with Crippen molar-refractivity contribution in [2.45, 2.75) is 0 Å². The number of aliphatic hydroxyl groups is 1. The molecule has 0 fully saturated rings. The van der Waals surface area contributed by atoms with Gasteiger partial charge in [-0.25, -0.2) is 9.97 Å². The fourth-order valence-electron chi connectivity index (χ4n) is 2.76. The molecule has 2 aromatic carbocycles. The molecule has 0 saturated carbocycles. The SMILES string of the molecule is OCCNc1nc(-c2[nH]c3ccccc3c2Cl)nc2ccccc12. The van der Waals surface area contributed by atoms with Gasteiger partial charge in [0.15, 0.2) is 5.82 Å². The second kappa shape index (κ2) is 6.11. The zero-order chi connectivity index (χ0) is 16.5. The van der Waals surface area contributed by atoms with Gasteiger partial charge >= 0.3 is 0 Å². The zero-order valence-electron chi connectivity index (χ0n) is 12.8. The average molecular weight is 339 g/mol. The predicted octanol–water partition coefficient (Wildman–Crippen LogP) is 3.84. The molecule has 0 aliphatic heterocycles. The van der Waals surface area contributed by atoms with Crippen LogP contribution in [0.15, 0.2) is 48.5 Å². The van der Waals surface area contributed by atoms with Crippen LogP contribution >= 0.6 is 11.6 Å². The average Bonchev–Trinajstić information content (AvgIpc) is 2.96. The van der Waals surface area contributed by atoms with Crippen LogP contribution in [-0.4, -0.2) is 33.2 Å². The minimum Gasteiger partial charge on any atom is -0.395 e. The van der Waals surface area contributed by atoms with Crippen molar-refractivity contribution in [2.75, 3.05) is 18.5 Å². The van der Waals surface area contributed by atoms with Gasteiger partial charge < -0.3 is 15.4 Å². The lowest BCUT2D eigenvalue weighted by Crippen LogP contribution is -2.08. The number of rotatable bonds is 4. The van der Waals surface area contributed by atoms with E-state index in [1.807, 2.05) is 48.5 Å². The number of aliphatic hydroxyl groups excluding tert-OH is 1. The first-order valence-corrected chi connectivity index (χ1v) is 8.04. The van der Waals surface area contributed by atoms with Crippen molar-refractivity contribution < 1.29 is 5.11 Å². The van der Waals surface area contributed by atoms with Crippen LogP contribution in [0.3, 0.4) is 0 Å². The van der Waals surface area contributed by atoms with Crippen LogP contribution in [0.5, 0.6) is 0 Å². The molecule has 24 heavy (non-hydrogen) atoms. The molecule has 5 nitrogen and oxygen atoms in total. The summed E-state index contributed by atoms with van der Waals surface area (Å²) in [5, 5.41) is 14.7. The van der Waals surface area contributed by atoms with E-state index in [-0.39, 0.29) is 6.61 Å². The molecule has 4 rings (SSSR count). The number of aromatic nitrogens is 3. The largest absolute Gasteiger partial charge is 0.395 e. The Kier molecular flexibility index (Phi) is 3.80. The smallest absolute Gasteiger partial charge is 0.180 e. The number of halogens is 1. The van der Waals surface area contributed by atoms with Crippen molar-refractivity contribution in [1.82, 2.24) is 15.0 Å². The van der Waals surface area contributed by atoms with Crippen LogP contribution in [0.2, 0.25) is 5.02 Å². The second-order valence-corrected chi connectivity index (χ2v) is 5.80. The van der Waals surface area contributed by atoms with Gasteiger partial charge in [-0.3, -0.25) is 0 Å². The van der Waals surface area contributed by atoms with Crippen LogP contribution in [0.4, 0.5) is 5.82 Å². The van der Waals surface area contributed by atoms with E-state index in [9.17, 15) is 0 Å². The summed E-state index contributed by atoms with van der Waals surface area (Å²) in [7, 11) is 0. The van der Waals surface area contributed by atoms with Crippen molar-refractivity contribution in [3.8, 4) is 11.5 Å². The zero-order valence-corrected chi connectivity index (χ0v) is 13.5. The molecule has 0 unspecified atom stereocenters. The number of hydrogen-bond donors (Lipinski definition) is 3. The van der Waals surface area contributed by atoms with Crippen molar-refractivity contribution >= 4 is 39.2 Å². The van der Waals surface area contributed by atoms with Crippen LogP contribution < -0.4 is 5.32 Å². The molecule has 0 saturated heterocycles. The highest BCUT2D eigenvalue weighted by atomic mass is 35.5. The lowest BCUT2D eigenvalue weighted by Gasteiger charge is -2.09. The molecule has 6 heteroatoms. The Morgan fingerprint density at radius 1 is 1.00 bits per heavy atom. The van der Waals surface area contributed by atoms with Gasteiger partial charge in [0.25, 0.3) is 0 Å². The Balaban J connectivity index is 1.93. The third kappa shape index (κ3) is 2.48. The van der Waals surface area contributed by atoms with E-state index in [0.717, 1.165) is 21.8 Å². The highest BCUT2D eigenvalue weighted by Gasteiger charge is 2.15. The van der Waals surface area contributed by atoms with Crippen LogP contribution in [-0.2, 0) is 0 Å². The van der Waals surface area contributed by atoms with Gasteiger partial charge in [-0.1, -0.05) is 41.9 Å². The molecule has 0 atom stereocenters. The first kappa shape index (κ1) is 14.9. The maximum absolute atomic E-state index is 9.09. The van der Waals surface area contributed by atoms with E-state index in [2.05, 4.69) is 20.3 Å². The molecule has 0 bridgehead atoms. The molecule has 0 aliphatic carbocycles. The molecule has 3 N–H and O–H groups in total. The van der Waals surface area contributed by atoms with Crippen molar-refractivity contribution in [1.29, 1.82) is 0 Å². The fourth-order valence-corrected chi connectivity index (χ4v) is 3.06. The van der Waals surface area contributed by atoms with E-state index in [1.165, 1.54) is 0 Å². The van der Waals surface area contributed by atoms with Gasteiger partial charge in [-0.05, 0) is 18.2 Å². The summed E-state index contributed by atoms with van der Waals surface area (Å²) in [6.45, 7) is 0.446. The number of para-hydroxylation sites is 2. The summed E-state index contributed by atoms with van der Waals surface area (Å²) in [6.07, 6.45) is 0. The van der Waals surface area contributed by atoms with Gasteiger partial charge in [0.05, 0.1) is 17.1 Å². The molecule has 0 spiro atoms. The predicted molar refractivity (Wildman–Crippen MR) is 97.4 cm³/mol. The molecule has 0 radical (unpaired) electrons. The number of aromatic amines is 1. The Labute approximate surface area is 143 Å². The van der Waals surface area contributed by atoms with Crippen LogP contribution in [0, 0.1) is 0 Å². The number of anilines is 1. The Morgan fingerprint density at radius 2 is 1.75 bits per heavy atom. The highest BCUT2D eigenvalue weighted by Crippen LogP contribution is 2.34. The quantitative estimate of drug-likeness (QED) is 0.528. The summed E-state index contributed by atoms with van der Waals surface area (Å²) in [5.41, 5.74) is 2.45. The monoisotopic (exact) mass is 338 g/mol. The Morgan fingerprint density at radius 3 is 2.54 bits per heavy atom. The lowest BCUT2D eigenvalue weighted by molar-refractivity contribution is 0.311. The fraction of sp³-hybridized carbons (Fsp3) is 0.111. The Bertz CT molecular complexity index is 1030. The molecule has 0 amide bonds. The van der Waals surface area contributed by atoms with Gasteiger partial charge in [0.2, 0.25) is 0 Å². The van der Waals surface area contributed by atoms with Gasteiger partial charge in [-0.2, -0.15) is 0 Å². The number of fused-ring (bicyclic) bond motifs is 2. The third-order valence-electron chi connectivity index (χ3n) is 3.87. The van der Waals surface area contributed by atoms with E-state index in [4.69, 9.17) is 16.7 Å². The topological polar surface area (TPSA) is 73.8 Å². The maximum atomic E-state index is 9.09. The molecule has 2 heterocycles. The summed E-state index contributed by atoms with van der Waals surface area (Å²) >= 11 is 6.53. The Hall–Kier alpha value is -2.63. The van der Waals surface area contributed by atoms with Crippen molar-refractivity contribution in [3.05, 3.63) is 53.6 Å². The summed E-state index contributed by atoms with van der Waals surface area (Å²) < 4.78 is 0. The molecule has 4 aromatic rings. The first-order valence-electron chi connectivity index (χ1n) is 7.66. The summed E-state index contributed by atoms with van der Waals surface area (Å²) in [4.78, 5) is 12.6. The molecular formula is C18H15ClN4O. The van der Waals surface area contributed by atoms with E-state index in [1.54, 1.807) is 0 Å². The normalized spacial score (nSPS) is 11.2. The second-order valence-electron chi connectivity index (χ2n) is 5.42. The summed E-state index contributed by atoms with van der Waals surface area (Å²) in [5.74, 6) is 1.20. The lowest BCUT2D eigenvalue weighted by atomic mass is 10.2. The number of nitrogens with zero attached hydrogens (tertiary/aromatic N) is 2. The molecule has 120 valence electrons. The molecule has 2 aromatic heterocycles. The number of hydrogen-bond acceptors (Lipinski definition) is 4. The van der Waals surface area contributed by atoms with Gasteiger partial charge in [0, 0.05) is 22.8 Å². The molecular weight excluding hydrogens is 324 g/mol. The maximum Gasteiger partial charge on any atom is 0.180 e. The highest BCUT2D eigenvalue weighted by molar-refractivity contribution is 6.38. The third-order valence-corrected chi connectivity index (χ3v) is 4.27. The van der Waals surface area contributed by atoms with E-state index >= 15 is 0 Å². The number of benzene rings is 2. The van der Waals surface area contributed by atoms with Crippen LogP contribution in [0.25, 0.3) is 33.3 Å². The standard InChI is InChI=1S/C18H15ClN4O/c19-15-11-5-1-3-7-13(11)21-16(15)18-22-14-8-4-2-6-12(14)17(23-18)20-9-10-24/h1-8,21,24H,9-10H2,(H,20,22,23). The van der Waals surface area contributed by atoms with E-state index < -0.39 is 0 Å². The minimum absolute atomic E-state index is 0.0286. The molecule has 0 aliphatic rings. The van der Waals surface area contributed by atoms with Gasteiger partial charge in [-0.15, -0.1) is 0 Å². The number of H-pyrrole nitrogens is 1. The van der Waals surface area contributed by atoms with Crippen molar-refractivity contribution in [3.63, 3.8) is 0 Å². The van der Waals surface area contributed by atoms with Gasteiger partial charge in [0.1, 0.15) is 11.5 Å². The van der Waals surface area contributed by atoms with E-state index in [0.29, 0.717) is 28.9 Å². The van der Waals surface area contributed by atoms with Crippen molar-refractivity contribution in [2.24, 2.45) is 0 Å².